The molecule has 3 aliphatic carbocycles. The lowest BCUT2D eigenvalue weighted by Gasteiger charge is -2.47. The monoisotopic (exact) mass is 246 g/mol. The van der Waals surface area contributed by atoms with E-state index in [0.717, 1.165) is 12.0 Å². The third-order valence-corrected chi connectivity index (χ3v) is 5.65. The first-order valence-corrected chi connectivity index (χ1v) is 6.95. The third-order valence-electron chi connectivity index (χ3n) is 5.65. The van der Waals surface area contributed by atoms with Gasteiger partial charge in [0, 0.05) is 0 Å². The van der Waals surface area contributed by atoms with Crippen LogP contribution in [0.25, 0.3) is 0 Å². The Hall–Kier alpha value is -1.05. The van der Waals surface area contributed by atoms with Crippen LogP contribution in [0.15, 0.2) is 24.3 Å². The predicted molar refractivity (Wildman–Crippen MR) is 70.8 cm³/mol. The molecular formula is C16H22O2. The molecule has 0 N–H and O–H groups in total. The molecule has 0 aromatic heterocycles. The molecule has 0 radical (unpaired) electrons. The molecule has 0 aromatic carbocycles. The van der Waals surface area contributed by atoms with Crippen molar-refractivity contribution in [1.29, 1.82) is 0 Å². The van der Waals surface area contributed by atoms with Crippen molar-refractivity contribution in [2.75, 3.05) is 7.11 Å². The molecule has 0 spiro atoms. The lowest BCUT2D eigenvalue weighted by Crippen LogP contribution is -2.45. The molecule has 3 rings (SSSR count). The summed E-state index contributed by atoms with van der Waals surface area (Å²) in [6.07, 6.45) is 6.87. The minimum absolute atomic E-state index is 0.107. The van der Waals surface area contributed by atoms with E-state index >= 15 is 0 Å². The van der Waals surface area contributed by atoms with E-state index in [1.54, 1.807) is 0 Å². The molecule has 6 unspecified atom stereocenters. The first kappa shape index (κ1) is 12.0. The van der Waals surface area contributed by atoms with Crippen molar-refractivity contribution in [2.45, 2.75) is 26.7 Å². The lowest BCUT2D eigenvalue weighted by atomic mass is 9.56. The van der Waals surface area contributed by atoms with E-state index in [9.17, 15) is 4.79 Å². The molecule has 2 nitrogen and oxygen atoms in total. The standard InChI is InChI=1S/C16H22O2/c1-9-8-16(3,15(17)18-4)10(2)14-12-6-5-11(7-12)13(9)14/h5-6,9,11-14H,2,7-8H2,1,3-4H3. The highest BCUT2D eigenvalue weighted by molar-refractivity contribution is 5.80. The quantitative estimate of drug-likeness (QED) is 0.524. The number of ether oxygens (including phenoxy) is 1. The average molecular weight is 246 g/mol. The number of hydrogen-bond acceptors (Lipinski definition) is 2. The Morgan fingerprint density at radius 2 is 2.11 bits per heavy atom. The molecule has 0 aliphatic heterocycles. The van der Waals surface area contributed by atoms with Crippen molar-refractivity contribution in [2.24, 2.45) is 35.0 Å². The second kappa shape index (κ2) is 3.72. The molecule has 2 fully saturated rings. The minimum atomic E-state index is -0.479. The van der Waals surface area contributed by atoms with E-state index < -0.39 is 5.41 Å². The number of hydrogen-bond donors (Lipinski definition) is 0. The number of carbonyl (C=O) groups is 1. The van der Waals surface area contributed by atoms with Crippen molar-refractivity contribution in [3.8, 4) is 0 Å². The number of esters is 1. The van der Waals surface area contributed by atoms with Crippen molar-refractivity contribution < 1.29 is 9.53 Å². The topological polar surface area (TPSA) is 26.3 Å². The Morgan fingerprint density at radius 1 is 1.44 bits per heavy atom. The van der Waals surface area contributed by atoms with Crippen molar-refractivity contribution in [1.82, 2.24) is 0 Å². The van der Waals surface area contributed by atoms with Gasteiger partial charge < -0.3 is 4.74 Å². The molecule has 0 amide bonds. The molecular weight excluding hydrogens is 224 g/mol. The summed E-state index contributed by atoms with van der Waals surface area (Å²) in [7, 11) is 1.48. The summed E-state index contributed by atoms with van der Waals surface area (Å²) in [5.41, 5.74) is 0.641. The van der Waals surface area contributed by atoms with Crippen LogP contribution in [-0.2, 0) is 9.53 Å². The Balaban J connectivity index is 1.98. The molecule has 98 valence electrons. The van der Waals surface area contributed by atoms with E-state index in [2.05, 4.69) is 25.7 Å². The molecule has 2 heteroatoms. The molecule has 3 aliphatic rings. The molecule has 2 bridgehead atoms. The predicted octanol–water partition coefficient (Wildman–Crippen LogP) is 3.20. The van der Waals surface area contributed by atoms with Gasteiger partial charge in [-0.1, -0.05) is 31.2 Å². The van der Waals surface area contributed by atoms with E-state index in [1.165, 1.54) is 13.5 Å². The van der Waals surface area contributed by atoms with Crippen LogP contribution in [0.1, 0.15) is 26.7 Å². The van der Waals surface area contributed by atoms with E-state index in [0.29, 0.717) is 29.6 Å². The smallest absolute Gasteiger partial charge is 0.315 e. The highest BCUT2D eigenvalue weighted by atomic mass is 16.5. The van der Waals surface area contributed by atoms with Crippen LogP contribution in [0.3, 0.4) is 0 Å². The van der Waals surface area contributed by atoms with Crippen LogP contribution in [0.2, 0.25) is 0 Å². The molecule has 18 heavy (non-hydrogen) atoms. The third kappa shape index (κ3) is 1.32. The summed E-state index contributed by atoms with van der Waals surface area (Å²) >= 11 is 0. The summed E-state index contributed by atoms with van der Waals surface area (Å²) in [5, 5.41) is 0. The zero-order valence-electron chi connectivity index (χ0n) is 11.5. The molecule has 0 aromatic rings. The van der Waals surface area contributed by atoms with Gasteiger partial charge in [0.15, 0.2) is 0 Å². The van der Waals surface area contributed by atoms with Crippen molar-refractivity contribution in [3.63, 3.8) is 0 Å². The molecule has 6 atom stereocenters. The zero-order chi connectivity index (χ0) is 13.1. The number of allylic oxidation sites excluding steroid dienone is 2. The second-order valence-electron chi connectivity index (χ2n) is 6.58. The van der Waals surface area contributed by atoms with Crippen molar-refractivity contribution in [3.05, 3.63) is 24.3 Å². The minimum Gasteiger partial charge on any atom is -0.468 e. The number of fused-ring (bicyclic) bond motifs is 5. The van der Waals surface area contributed by atoms with Crippen LogP contribution in [-0.4, -0.2) is 13.1 Å². The van der Waals surface area contributed by atoms with Gasteiger partial charge in [-0.15, -0.1) is 0 Å². The zero-order valence-corrected chi connectivity index (χ0v) is 11.5. The largest absolute Gasteiger partial charge is 0.468 e. The van der Waals surface area contributed by atoms with Gasteiger partial charge in [-0.05, 0) is 49.4 Å². The Morgan fingerprint density at radius 3 is 2.78 bits per heavy atom. The van der Waals surface area contributed by atoms with Gasteiger partial charge >= 0.3 is 5.97 Å². The summed E-state index contributed by atoms with van der Waals surface area (Å²) in [6.45, 7) is 8.61. The highest BCUT2D eigenvalue weighted by Crippen LogP contribution is 2.61. The van der Waals surface area contributed by atoms with Gasteiger partial charge in [-0.25, -0.2) is 0 Å². The fraction of sp³-hybridized carbons (Fsp3) is 0.688. The van der Waals surface area contributed by atoms with Gasteiger partial charge in [0.1, 0.15) is 0 Å². The maximum Gasteiger partial charge on any atom is 0.315 e. The first-order chi connectivity index (χ1) is 8.49. The Bertz CT molecular complexity index is 436. The number of carbonyl (C=O) groups excluding carboxylic acids is 1. The maximum absolute atomic E-state index is 12.1. The Kier molecular flexibility index (Phi) is 2.48. The van der Waals surface area contributed by atoms with Crippen LogP contribution >= 0.6 is 0 Å². The lowest BCUT2D eigenvalue weighted by molar-refractivity contribution is -0.152. The van der Waals surface area contributed by atoms with E-state index in [4.69, 9.17) is 4.74 Å². The summed E-state index contributed by atoms with van der Waals surface area (Å²) in [4.78, 5) is 12.1. The van der Waals surface area contributed by atoms with Gasteiger partial charge in [-0.2, -0.15) is 0 Å². The van der Waals surface area contributed by atoms with Crippen LogP contribution in [0.5, 0.6) is 0 Å². The van der Waals surface area contributed by atoms with Gasteiger partial charge in [0.05, 0.1) is 12.5 Å². The van der Waals surface area contributed by atoms with E-state index in [1.807, 2.05) is 6.92 Å². The summed E-state index contributed by atoms with van der Waals surface area (Å²) < 4.78 is 5.02. The molecule has 0 heterocycles. The SMILES string of the molecule is C=C1C2C3C=CC(C3)C2C(C)CC1(C)C(=O)OC. The maximum atomic E-state index is 12.1. The molecule has 0 saturated heterocycles. The first-order valence-electron chi connectivity index (χ1n) is 6.95. The second-order valence-corrected chi connectivity index (χ2v) is 6.58. The van der Waals surface area contributed by atoms with E-state index in [-0.39, 0.29) is 5.97 Å². The number of methoxy groups -OCH3 is 1. The van der Waals surface area contributed by atoms with Gasteiger partial charge in [-0.3, -0.25) is 4.79 Å². The van der Waals surface area contributed by atoms with Crippen molar-refractivity contribution >= 4 is 5.97 Å². The number of rotatable bonds is 1. The molecule has 2 saturated carbocycles. The van der Waals surface area contributed by atoms with Crippen LogP contribution < -0.4 is 0 Å². The fourth-order valence-electron chi connectivity index (χ4n) is 4.85. The highest BCUT2D eigenvalue weighted by Gasteiger charge is 2.57. The van der Waals surface area contributed by atoms with Gasteiger partial charge in [0.2, 0.25) is 0 Å². The summed E-state index contributed by atoms with van der Waals surface area (Å²) in [6, 6.07) is 0. The normalized spacial score (nSPS) is 49.3. The van der Waals surface area contributed by atoms with Gasteiger partial charge in [0.25, 0.3) is 0 Å². The average Bonchev–Trinajstić information content (AvgIpc) is 2.95. The van der Waals surface area contributed by atoms with Crippen LogP contribution in [0.4, 0.5) is 0 Å². The summed E-state index contributed by atoms with van der Waals surface area (Å²) in [5.74, 6) is 2.99. The fourth-order valence-corrected chi connectivity index (χ4v) is 4.85. The Labute approximate surface area is 109 Å². The van der Waals surface area contributed by atoms with Crippen LogP contribution in [0, 0.1) is 35.0 Å².